The minimum Gasteiger partial charge on any atom is -0.497 e. The average molecular weight is 415 g/mol. The van der Waals surface area contributed by atoms with E-state index in [-0.39, 0.29) is 5.91 Å². The lowest BCUT2D eigenvalue weighted by Crippen LogP contribution is -2.35. The van der Waals surface area contributed by atoms with Crippen molar-refractivity contribution in [1.82, 2.24) is 4.98 Å². The predicted molar refractivity (Wildman–Crippen MR) is 123 cm³/mol. The number of carbonyl (C=O) groups excluding carboxylic acids is 1. The van der Waals surface area contributed by atoms with Gasteiger partial charge >= 0.3 is 0 Å². The molecule has 2 saturated heterocycles. The first kappa shape index (κ1) is 19.4. The lowest BCUT2D eigenvalue weighted by Gasteiger charge is -2.27. The molecule has 2 aliphatic heterocycles. The highest BCUT2D eigenvalue weighted by Crippen LogP contribution is 2.36. The molecule has 2 aliphatic rings. The van der Waals surface area contributed by atoms with Crippen LogP contribution in [0.4, 0.5) is 17.2 Å². The number of fused-ring (bicyclic) bond motifs is 1. The van der Waals surface area contributed by atoms with E-state index >= 15 is 0 Å². The SMILES string of the molecule is COc1ccc(C(=O)Nc2ccc(N3CCC4CN(c5ccccn5)CC43)cc2)cc1. The standard InChI is InChI=1S/C25H26N4O2/c1-31-22-11-5-18(6-12-22)25(30)27-20-7-9-21(10-8-20)29-15-13-19-16-28(17-23(19)29)24-4-2-3-14-26-24/h2-12,14,19,23H,13,15-17H2,1H3,(H,27,30). The highest BCUT2D eigenvalue weighted by atomic mass is 16.5. The minimum absolute atomic E-state index is 0.126. The molecule has 3 heterocycles. The van der Waals surface area contributed by atoms with Gasteiger partial charge in [0.05, 0.1) is 13.2 Å². The van der Waals surface area contributed by atoms with Crippen molar-refractivity contribution in [3.05, 3.63) is 78.5 Å². The van der Waals surface area contributed by atoms with Crippen molar-refractivity contribution in [2.75, 3.05) is 41.9 Å². The lowest BCUT2D eigenvalue weighted by atomic mass is 10.0. The van der Waals surface area contributed by atoms with Crippen molar-refractivity contribution in [1.29, 1.82) is 0 Å². The molecule has 0 bridgehead atoms. The second kappa shape index (κ2) is 8.30. The molecule has 0 radical (unpaired) electrons. The van der Waals surface area contributed by atoms with E-state index in [1.54, 1.807) is 31.4 Å². The molecule has 5 rings (SSSR count). The molecule has 2 unspecified atom stereocenters. The number of amides is 1. The van der Waals surface area contributed by atoms with Gasteiger partial charge in [0.2, 0.25) is 0 Å². The molecule has 2 aromatic carbocycles. The average Bonchev–Trinajstić information content (AvgIpc) is 3.41. The molecule has 158 valence electrons. The molecular weight excluding hydrogens is 388 g/mol. The van der Waals surface area contributed by atoms with Crippen LogP contribution in [0.25, 0.3) is 0 Å². The van der Waals surface area contributed by atoms with Crippen LogP contribution in [-0.2, 0) is 0 Å². The molecule has 3 aromatic rings. The smallest absolute Gasteiger partial charge is 0.255 e. The lowest BCUT2D eigenvalue weighted by molar-refractivity contribution is 0.102. The number of ether oxygens (including phenoxy) is 1. The molecule has 1 amide bonds. The first-order chi connectivity index (χ1) is 15.2. The largest absolute Gasteiger partial charge is 0.497 e. The summed E-state index contributed by atoms with van der Waals surface area (Å²) in [5.41, 5.74) is 2.60. The van der Waals surface area contributed by atoms with E-state index < -0.39 is 0 Å². The summed E-state index contributed by atoms with van der Waals surface area (Å²) in [7, 11) is 1.61. The summed E-state index contributed by atoms with van der Waals surface area (Å²) >= 11 is 0. The van der Waals surface area contributed by atoms with Crippen LogP contribution in [0.5, 0.6) is 5.75 Å². The van der Waals surface area contributed by atoms with Crippen molar-refractivity contribution in [2.24, 2.45) is 5.92 Å². The van der Waals surface area contributed by atoms with Gasteiger partial charge in [-0.05, 0) is 67.1 Å². The quantitative estimate of drug-likeness (QED) is 0.682. The molecule has 0 spiro atoms. The van der Waals surface area contributed by atoms with Gasteiger partial charge in [0.25, 0.3) is 5.91 Å². The Morgan fingerprint density at radius 2 is 1.84 bits per heavy atom. The Kier molecular flexibility index (Phi) is 5.20. The summed E-state index contributed by atoms with van der Waals surface area (Å²) in [4.78, 5) is 21.9. The van der Waals surface area contributed by atoms with Gasteiger partial charge in [0.15, 0.2) is 0 Å². The third-order valence-corrected chi connectivity index (χ3v) is 6.33. The van der Waals surface area contributed by atoms with Crippen LogP contribution in [0.1, 0.15) is 16.8 Å². The van der Waals surface area contributed by atoms with E-state index in [1.807, 2.05) is 30.5 Å². The summed E-state index contributed by atoms with van der Waals surface area (Å²) in [6, 6.07) is 21.9. The second-order valence-corrected chi connectivity index (χ2v) is 8.13. The molecule has 1 N–H and O–H groups in total. The van der Waals surface area contributed by atoms with Crippen LogP contribution < -0.4 is 19.9 Å². The van der Waals surface area contributed by atoms with Gasteiger partial charge in [-0.15, -0.1) is 0 Å². The number of carbonyl (C=O) groups is 1. The summed E-state index contributed by atoms with van der Waals surface area (Å²) in [6.45, 7) is 3.13. The maximum absolute atomic E-state index is 12.5. The first-order valence-corrected chi connectivity index (χ1v) is 10.7. The van der Waals surface area contributed by atoms with Gasteiger partial charge in [0.1, 0.15) is 11.6 Å². The number of benzene rings is 2. The van der Waals surface area contributed by atoms with Gasteiger partial charge < -0.3 is 19.9 Å². The number of methoxy groups -OCH3 is 1. The first-order valence-electron chi connectivity index (χ1n) is 10.7. The number of nitrogens with zero attached hydrogens (tertiary/aromatic N) is 3. The number of nitrogens with one attached hydrogen (secondary N) is 1. The van der Waals surface area contributed by atoms with E-state index in [0.29, 0.717) is 17.5 Å². The fourth-order valence-corrected chi connectivity index (χ4v) is 4.69. The predicted octanol–water partition coefficient (Wildman–Crippen LogP) is 4.06. The van der Waals surface area contributed by atoms with E-state index in [2.05, 4.69) is 38.3 Å². The Balaban J connectivity index is 1.24. The van der Waals surface area contributed by atoms with Gasteiger partial charge in [0, 0.05) is 48.7 Å². The Morgan fingerprint density at radius 1 is 1.03 bits per heavy atom. The number of anilines is 3. The zero-order valence-corrected chi connectivity index (χ0v) is 17.6. The van der Waals surface area contributed by atoms with Crippen LogP contribution in [0, 0.1) is 5.92 Å². The molecule has 2 fully saturated rings. The molecule has 2 atom stereocenters. The van der Waals surface area contributed by atoms with E-state index in [4.69, 9.17) is 4.74 Å². The van der Waals surface area contributed by atoms with Gasteiger partial charge in [-0.1, -0.05) is 6.07 Å². The number of pyridine rings is 1. The van der Waals surface area contributed by atoms with Gasteiger partial charge in [-0.2, -0.15) is 0 Å². The molecule has 1 aromatic heterocycles. The molecular formula is C25H26N4O2. The zero-order valence-electron chi connectivity index (χ0n) is 17.6. The Labute approximate surface area is 182 Å². The highest BCUT2D eigenvalue weighted by Gasteiger charge is 2.41. The summed E-state index contributed by atoms with van der Waals surface area (Å²) in [5.74, 6) is 2.33. The molecule has 31 heavy (non-hydrogen) atoms. The third kappa shape index (κ3) is 3.93. The van der Waals surface area contributed by atoms with Gasteiger partial charge in [-0.3, -0.25) is 4.79 Å². The van der Waals surface area contributed by atoms with Crippen LogP contribution in [0.3, 0.4) is 0 Å². The zero-order chi connectivity index (χ0) is 21.2. The topological polar surface area (TPSA) is 57.7 Å². The Bertz CT molecular complexity index is 1040. The van der Waals surface area contributed by atoms with Crippen molar-refractivity contribution in [2.45, 2.75) is 12.5 Å². The number of hydrogen-bond donors (Lipinski definition) is 1. The van der Waals surface area contributed by atoms with Crippen molar-refractivity contribution < 1.29 is 9.53 Å². The molecule has 0 aliphatic carbocycles. The maximum Gasteiger partial charge on any atom is 0.255 e. The minimum atomic E-state index is -0.126. The number of aromatic nitrogens is 1. The Morgan fingerprint density at radius 3 is 2.55 bits per heavy atom. The van der Waals surface area contributed by atoms with Crippen LogP contribution in [0.15, 0.2) is 72.9 Å². The highest BCUT2D eigenvalue weighted by molar-refractivity contribution is 6.04. The van der Waals surface area contributed by atoms with Crippen LogP contribution in [0.2, 0.25) is 0 Å². The van der Waals surface area contributed by atoms with Crippen LogP contribution >= 0.6 is 0 Å². The number of hydrogen-bond acceptors (Lipinski definition) is 5. The Hall–Kier alpha value is -3.54. The van der Waals surface area contributed by atoms with Crippen molar-refractivity contribution in [3.63, 3.8) is 0 Å². The fraction of sp³-hybridized carbons (Fsp3) is 0.280. The van der Waals surface area contributed by atoms with E-state index in [9.17, 15) is 4.79 Å². The van der Waals surface area contributed by atoms with Gasteiger partial charge in [-0.25, -0.2) is 4.98 Å². The van der Waals surface area contributed by atoms with Crippen molar-refractivity contribution in [3.8, 4) is 5.75 Å². The van der Waals surface area contributed by atoms with E-state index in [1.165, 1.54) is 12.1 Å². The monoisotopic (exact) mass is 414 g/mol. The molecule has 0 saturated carbocycles. The maximum atomic E-state index is 12.5. The number of rotatable bonds is 5. The second-order valence-electron chi connectivity index (χ2n) is 8.13. The van der Waals surface area contributed by atoms with E-state index in [0.717, 1.165) is 36.9 Å². The third-order valence-electron chi connectivity index (χ3n) is 6.33. The summed E-state index contributed by atoms with van der Waals surface area (Å²) < 4.78 is 5.15. The molecule has 6 nitrogen and oxygen atoms in total. The van der Waals surface area contributed by atoms with Crippen molar-refractivity contribution >= 4 is 23.1 Å². The molecule has 6 heteroatoms. The fourth-order valence-electron chi connectivity index (χ4n) is 4.69. The normalized spacial score (nSPS) is 19.9. The summed E-state index contributed by atoms with van der Waals surface area (Å²) in [5, 5.41) is 2.97. The summed E-state index contributed by atoms with van der Waals surface area (Å²) in [6.07, 6.45) is 3.06. The van der Waals surface area contributed by atoms with Crippen LogP contribution in [-0.4, -0.2) is 43.7 Å².